The average molecular weight is 607 g/mol. The van der Waals surface area contributed by atoms with E-state index in [0.717, 1.165) is 5.56 Å². The lowest BCUT2D eigenvalue weighted by molar-refractivity contribution is -0.144. The number of hydrogen-bond donors (Lipinski definition) is 2. The van der Waals surface area contributed by atoms with Gasteiger partial charge in [0.05, 0.1) is 13.0 Å². The van der Waals surface area contributed by atoms with Crippen LogP contribution in [0, 0.1) is 0 Å². The minimum atomic E-state index is -1.00. The molecule has 2 N–H and O–H groups in total. The molecular formula is C32H54N4O7. The first-order valence-corrected chi connectivity index (χ1v) is 15.1. The van der Waals surface area contributed by atoms with Gasteiger partial charge in [-0.05, 0) is 73.8 Å². The van der Waals surface area contributed by atoms with Crippen LogP contribution in [0.4, 0.5) is 9.59 Å². The van der Waals surface area contributed by atoms with E-state index in [-0.39, 0.29) is 32.1 Å². The monoisotopic (exact) mass is 606 g/mol. The van der Waals surface area contributed by atoms with Gasteiger partial charge in [0, 0.05) is 32.2 Å². The normalized spacial score (nSPS) is 12.6. The van der Waals surface area contributed by atoms with E-state index >= 15 is 0 Å². The summed E-state index contributed by atoms with van der Waals surface area (Å²) >= 11 is 0. The van der Waals surface area contributed by atoms with Crippen LogP contribution < -0.4 is 10.6 Å². The molecule has 3 amide bonds. The Morgan fingerprint density at radius 1 is 0.884 bits per heavy atom. The summed E-state index contributed by atoms with van der Waals surface area (Å²) in [7, 11) is 1.53. The van der Waals surface area contributed by atoms with Crippen molar-refractivity contribution in [2.24, 2.45) is 0 Å². The molecule has 0 bridgehead atoms. The number of hydrogen-bond acceptors (Lipinski definition) is 8. The molecule has 1 atom stereocenters. The third-order valence-electron chi connectivity index (χ3n) is 6.85. The van der Waals surface area contributed by atoms with Crippen molar-refractivity contribution in [3.05, 3.63) is 35.9 Å². The molecule has 1 rings (SSSR count). The summed E-state index contributed by atoms with van der Waals surface area (Å²) < 4.78 is 16.5. The molecule has 11 nitrogen and oxygen atoms in total. The summed E-state index contributed by atoms with van der Waals surface area (Å²) in [4.78, 5) is 54.1. The van der Waals surface area contributed by atoms with Crippen LogP contribution in [0.25, 0.3) is 0 Å². The summed E-state index contributed by atoms with van der Waals surface area (Å²) in [5, 5.41) is 6.25. The second kappa shape index (κ2) is 17.1. The number of likely N-dealkylation sites (N-methyl/N-ethyl adjacent to an activating group) is 2. The number of nitrogens with one attached hydrogen (secondary N) is 2. The molecule has 0 aromatic heterocycles. The van der Waals surface area contributed by atoms with Crippen molar-refractivity contribution in [1.29, 1.82) is 0 Å². The van der Waals surface area contributed by atoms with Crippen LogP contribution in [0.3, 0.4) is 0 Å². The van der Waals surface area contributed by atoms with Crippen molar-refractivity contribution in [3.63, 3.8) is 0 Å². The highest BCUT2D eigenvalue weighted by molar-refractivity contribution is 5.86. The molecule has 0 fully saturated rings. The Balaban J connectivity index is 2.78. The van der Waals surface area contributed by atoms with Crippen molar-refractivity contribution in [1.82, 2.24) is 20.4 Å². The Labute approximate surface area is 258 Å². The zero-order valence-corrected chi connectivity index (χ0v) is 27.9. The van der Waals surface area contributed by atoms with Gasteiger partial charge >= 0.3 is 18.2 Å². The Hall–Kier alpha value is -3.34. The molecule has 11 heteroatoms. The van der Waals surface area contributed by atoms with Crippen molar-refractivity contribution in [2.45, 2.75) is 111 Å². The van der Waals surface area contributed by atoms with Gasteiger partial charge < -0.3 is 29.7 Å². The minimum Gasteiger partial charge on any atom is -0.461 e. The molecule has 43 heavy (non-hydrogen) atoms. The van der Waals surface area contributed by atoms with Crippen molar-refractivity contribution in [3.8, 4) is 0 Å². The summed E-state index contributed by atoms with van der Waals surface area (Å²) in [6.45, 7) is 17.6. The topological polar surface area (TPSA) is 127 Å². The van der Waals surface area contributed by atoms with Crippen molar-refractivity contribution in [2.75, 3.05) is 33.2 Å². The Bertz CT molecular complexity index is 1040. The van der Waals surface area contributed by atoms with E-state index in [4.69, 9.17) is 14.2 Å². The minimum absolute atomic E-state index is 0.0804. The Morgan fingerprint density at radius 2 is 1.51 bits per heavy atom. The van der Waals surface area contributed by atoms with Gasteiger partial charge in [-0.3, -0.25) is 14.5 Å². The highest BCUT2D eigenvalue weighted by Crippen LogP contribution is 2.18. The molecule has 1 aromatic carbocycles. The van der Waals surface area contributed by atoms with E-state index in [2.05, 4.69) is 10.6 Å². The number of carbonyl (C=O) groups is 4. The first-order chi connectivity index (χ1) is 19.9. The van der Waals surface area contributed by atoms with Crippen LogP contribution in [0.2, 0.25) is 0 Å². The molecule has 0 saturated carbocycles. The average Bonchev–Trinajstić information content (AvgIpc) is 2.90. The predicted octanol–water partition coefficient (Wildman–Crippen LogP) is 4.88. The molecule has 0 heterocycles. The van der Waals surface area contributed by atoms with Gasteiger partial charge in [-0.2, -0.15) is 0 Å². The van der Waals surface area contributed by atoms with E-state index in [1.807, 2.05) is 51.1 Å². The standard InChI is InChI=1S/C32H54N4O7/c1-11-32(8,9)43-29(40)36(12-2)25(22-35(10)28(39)42-30(3,4)5)27(38)33-21-19-31(6,7)34-20-18-26(37)41-23-24-16-14-13-15-17-24/h13-17,25,34H,11-12,18-23H2,1-10H3,(H,33,38). The number of benzene rings is 1. The Kier molecular flexibility index (Phi) is 15.0. The second-order valence-electron chi connectivity index (χ2n) is 12.9. The largest absolute Gasteiger partial charge is 0.461 e. The summed E-state index contributed by atoms with van der Waals surface area (Å²) in [6.07, 6.45) is 0.122. The van der Waals surface area contributed by atoms with E-state index in [9.17, 15) is 19.2 Å². The fourth-order valence-electron chi connectivity index (χ4n) is 3.86. The third-order valence-corrected chi connectivity index (χ3v) is 6.85. The Morgan fingerprint density at radius 3 is 2.07 bits per heavy atom. The molecule has 1 unspecified atom stereocenters. The fraction of sp³-hybridized carbons (Fsp3) is 0.688. The van der Waals surface area contributed by atoms with E-state index in [0.29, 0.717) is 25.9 Å². The number of ether oxygens (including phenoxy) is 3. The van der Waals surface area contributed by atoms with E-state index < -0.39 is 40.9 Å². The smallest absolute Gasteiger partial charge is 0.411 e. The van der Waals surface area contributed by atoms with Gasteiger partial charge in [0.15, 0.2) is 0 Å². The number of amides is 3. The zero-order valence-electron chi connectivity index (χ0n) is 27.9. The van der Waals surface area contributed by atoms with Crippen LogP contribution in [-0.2, 0) is 30.4 Å². The van der Waals surface area contributed by atoms with Crippen LogP contribution >= 0.6 is 0 Å². The van der Waals surface area contributed by atoms with Crippen molar-refractivity contribution < 1.29 is 33.4 Å². The lowest BCUT2D eigenvalue weighted by Crippen LogP contribution is -2.56. The fourth-order valence-corrected chi connectivity index (χ4v) is 3.86. The number of esters is 1. The molecule has 1 aromatic rings. The van der Waals surface area contributed by atoms with Gasteiger partial charge in [0.2, 0.25) is 5.91 Å². The number of nitrogens with zero attached hydrogens (tertiary/aromatic N) is 2. The third kappa shape index (κ3) is 15.1. The predicted molar refractivity (Wildman–Crippen MR) is 166 cm³/mol. The molecule has 0 aliphatic carbocycles. The molecule has 0 saturated heterocycles. The molecule has 0 aliphatic heterocycles. The molecule has 0 aliphatic rings. The SMILES string of the molecule is CCN(C(=O)OC(C)(C)CC)C(CN(C)C(=O)OC(C)(C)C)C(=O)NCCC(C)(C)NCCC(=O)OCc1ccccc1. The molecule has 0 radical (unpaired) electrons. The molecule has 244 valence electrons. The molecular weight excluding hydrogens is 552 g/mol. The van der Waals surface area contributed by atoms with Gasteiger partial charge in [0.25, 0.3) is 0 Å². The zero-order chi connectivity index (χ0) is 32.8. The van der Waals surface area contributed by atoms with Crippen molar-refractivity contribution >= 4 is 24.1 Å². The van der Waals surface area contributed by atoms with Crippen LogP contribution in [-0.4, -0.2) is 89.9 Å². The summed E-state index contributed by atoms with van der Waals surface area (Å²) in [6, 6.07) is 8.50. The number of carbonyl (C=O) groups excluding carboxylic acids is 4. The second-order valence-corrected chi connectivity index (χ2v) is 12.9. The highest BCUT2D eigenvalue weighted by Gasteiger charge is 2.35. The summed E-state index contributed by atoms with van der Waals surface area (Å²) in [5.41, 5.74) is -0.898. The first-order valence-electron chi connectivity index (χ1n) is 15.1. The highest BCUT2D eigenvalue weighted by atomic mass is 16.6. The summed E-state index contributed by atoms with van der Waals surface area (Å²) in [5.74, 6) is -0.709. The van der Waals surface area contributed by atoms with E-state index in [1.54, 1.807) is 41.5 Å². The first kappa shape index (κ1) is 37.7. The van der Waals surface area contributed by atoms with Gasteiger partial charge in [0.1, 0.15) is 23.9 Å². The van der Waals surface area contributed by atoms with Crippen LogP contribution in [0.15, 0.2) is 30.3 Å². The lowest BCUT2D eigenvalue weighted by Gasteiger charge is -2.35. The maximum atomic E-state index is 13.5. The van der Waals surface area contributed by atoms with Gasteiger partial charge in [-0.15, -0.1) is 0 Å². The number of rotatable bonds is 16. The van der Waals surface area contributed by atoms with Gasteiger partial charge in [-0.1, -0.05) is 37.3 Å². The lowest BCUT2D eigenvalue weighted by atomic mass is 10.0. The van der Waals surface area contributed by atoms with Crippen LogP contribution in [0.5, 0.6) is 0 Å². The van der Waals surface area contributed by atoms with Crippen LogP contribution in [0.1, 0.15) is 87.1 Å². The maximum Gasteiger partial charge on any atom is 0.411 e. The van der Waals surface area contributed by atoms with Gasteiger partial charge in [-0.25, -0.2) is 9.59 Å². The quantitative estimate of drug-likeness (QED) is 0.202. The molecule has 0 spiro atoms. The maximum absolute atomic E-state index is 13.5. The van der Waals surface area contributed by atoms with E-state index in [1.165, 1.54) is 16.8 Å².